The van der Waals surface area contributed by atoms with Crippen LogP contribution in [0.15, 0.2) is 18.2 Å². The molecule has 0 unspecified atom stereocenters. The highest BCUT2D eigenvalue weighted by molar-refractivity contribution is 5.95. The smallest absolute Gasteiger partial charge is 0.293 e. The Labute approximate surface area is 153 Å². The summed E-state index contributed by atoms with van der Waals surface area (Å²) >= 11 is 0. The van der Waals surface area contributed by atoms with Crippen molar-refractivity contribution in [3.8, 4) is 0 Å². The van der Waals surface area contributed by atoms with Crippen molar-refractivity contribution in [1.82, 2.24) is 10.8 Å². The van der Waals surface area contributed by atoms with E-state index in [9.17, 15) is 14.9 Å². The third-order valence-electron chi connectivity index (χ3n) is 5.01. The molecule has 1 aromatic rings. The maximum Gasteiger partial charge on any atom is 0.293 e. The van der Waals surface area contributed by atoms with Gasteiger partial charge in [0.25, 0.3) is 11.6 Å². The van der Waals surface area contributed by atoms with Gasteiger partial charge in [0.05, 0.1) is 11.0 Å². The molecule has 0 atom stereocenters. The predicted molar refractivity (Wildman–Crippen MR) is 98.2 cm³/mol. The van der Waals surface area contributed by atoms with Crippen molar-refractivity contribution in [2.24, 2.45) is 0 Å². The van der Waals surface area contributed by atoms with Crippen LogP contribution in [0.5, 0.6) is 0 Å². The summed E-state index contributed by atoms with van der Waals surface area (Å²) in [7, 11) is 0. The molecule has 8 heteroatoms. The molecule has 0 bridgehead atoms. The number of hydrogen-bond acceptors (Lipinski definition) is 6. The van der Waals surface area contributed by atoms with E-state index < -0.39 is 10.8 Å². The highest BCUT2D eigenvalue weighted by atomic mass is 16.7. The van der Waals surface area contributed by atoms with Crippen LogP contribution in [0.25, 0.3) is 0 Å². The highest BCUT2D eigenvalue weighted by Gasteiger charge is 2.23. The summed E-state index contributed by atoms with van der Waals surface area (Å²) in [4.78, 5) is 30.9. The average Bonchev–Trinajstić information content (AvgIpc) is 2.95. The van der Waals surface area contributed by atoms with E-state index in [1.54, 1.807) is 12.1 Å². The Morgan fingerprint density at radius 3 is 2.54 bits per heavy atom. The molecule has 26 heavy (non-hydrogen) atoms. The van der Waals surface area contributed by atoms with E-state index in [1.807, 2.05) is 4.90 Å². The minimum Gasteiger partial charge on any atom is -0.363 e. The SMILES string of the molecule is O=C(NOC1CCCCCC1)c1ccc(N2CCNCC2)c([N+](=O)[O-])c1. The Bertz CT molecular complexity index is 638. The molecule has 0 spiro atoms. The van der Waals surface area contributed by atoms with Gasteiger partial charge in [-0.25, -0.2) is 5.48 Å². The number of rotatable bonds is 5. The summed E-state index contributed by atoms with van der Waals surface area (Å²) in [5.74, 6) is -0.441. The van der Waals surface area contributed by atoms with E-state index in [4.69, 9.17) is 4.84 Å². The summed E-state index contributed by atoms with van der Waals surface area (Å²) < 4.78 is 0. The maximum absolute atomic E-state index is 12.4. The molecule has 1 saturated carbocycles. The van der Waals surface area contributed by atoms with Gasteiger partial charge >= 0.3 is 0 Å². The predicted octanol–water partition coefficient (Wildman–Crippen LogP) is 2.39. The molecule has 1 aromatic carbocycles. The number of carbonyl (C=O) groups is 1. The van der Waals surface area contributed by atoms with Crippen LogP contribution in [-0.4, -0.2) is 43.1 Å². The van der Waals surface area contributed by atoms with Gasteiger partial charge < -0.3 is 10.2 Å². The minimum absolute atomic E-state index is 0.0246. The zero-order valence-electron chi connectivity index (χ0n) is 14.9. The summed E-state index contributed by atoms with van der Waals surface area (Å²) in [6, 6.07) is 4.61. The zero-order valence-corrected chi connectivity index (χ0v) is 14.9. The van der Waals surface area contributed by atoms with Crippen molar-refractivity contribution in [3.63, 3.8) is 0 Å². The number of hydroxylamine groups is 1. The first-order chi connectivity index (χ1) is 12.6. The first-order valence-corrected chi connectivity index (χ1v) is 9.35. The summed E-state index contributed by atoms with van der Waals surface area (Å²) in [6.45, 7) is 2.98. The summed E-state index contributed by atoms with van der Waals surface area (Å²) in [6.07, 6.45) is 6.50. The van der Waals surface area contributed by atoms with Gasteiger partial charge in [-0.15, -0.1) is 0 Å². The third kappa shape index (κ3) is 4.70. The fourth-order valence-corrected chi connectivity index (χ4v) is 3.54. The Balaban J connectivity index is 1.67. The molecule has 3 rings (SSSR count). The quantitative estimate of drug-likeness (QED) is 0.474. The first-order valence-electron chi connectivity index (χ1n) is 9.35. The molecule has 1 amide bonds. The van der Waals surface area contributed by atoms with Crippen LogP contribution in [0, 0.1) is 10.1 Å². The molecule has 2 N–H and O–H groups in total. The number of piperazine rings is 1. The van der Waals surface area contributed by atoms with E-state index >= 15 is 0 Å². The zero-order chi connectivity index (χ0) is 18.4. The number of nitrogens with one attached hydrogen (secondary N) is 2. The molecule has 8 nitrogen and oxygen atoms in total. The van der Waals surface area contributed by atoms with E-state index in [-0.39, 0.29) is 17.4 Å². The van der Waals surface area contributed by atoms with Crippen molar-refractivity contribution in [2.45, 2.75) is 44.6 Å². The number of amides is 1. The number of benzene rings is 1. The maximum atomic E-state index is 12.4. The van der Waals surface area contributed by atoms with Crippen LogP contribution in [0.2, 0.25) is 0 Å². The van der Waals surface area contributed by atoms with Gasteiger partial charge in [-0.1, -0.05) is 25.7 Å². The second-order valence-corrected chi connectivity index (χ2v) is 6.86. The lowest BCUT2D eigenvalue weighted by atomic mass is 10.1. The van der Waals surface area contributed by atoms with Crippen molar-refractivity contribution in [3.05, 3.63) is 33.9 Å². The monoisotopic (exact) mass is 362 g/mol. The number of nitro groups is 1. The lowest BCUT2D eigenvalue weighted by Crippen LogP contribution is -2.43. The van der Waals surface area contributed by atoms with Crippen LogP contribution >= 0.6 is 0 Å². The minimum atomic E-state index is -0.441. The second kappa shape index (κ2) is 8.95. The summed E-state index contributed by atoms with van der Waals surface area (Å²) in [5, 5.41) is 14.7. The molecule has 0 aromatic heterocycles. The molecular formula is C18H26N4O4. The van der Waals surface area contributed by atoms with Gasteiger partial charge in [-0.3, -0.25) is 19.7 Å². The van der Waals surface area contributed by atoms with Crippen molar-refractivity contribution >= 4 is 17.3 Å². The van der Waals surface area contributed by atoms with Crippen LogP contribution in [0.1, 0.15) is 48.9 Å². The fourth-order valence-electron chi connectivity index (χ4n) is 3.54. The molecule has 2 fully saturated rings. The third-order valence-corrected chi connectivity index (χ3v) is 5.01. The normalized spacial score (nSPS) is 19.0. The van der Waals surface area contributed by atoms with Crippen molar-refractivity contribution < 1.29 is 14.6 Å². The largest absolute Gasteiger partial charge is 0.363 e. The summed E-state index contributed by atoms with van der Waals surface area (Å²) in [5.41, 5.74) is 3.22. The van der Waals surface area contributed by atoms with Crippen LogP contribution in [0.4, 0.5) is 11.4 Å². The van der Waals surface area contributed by atoms with E-state index in [1.165, 1.54) is 18.9 Å². The van der Waals surface area contributed by atoms with E-state index in [0.29, 0.717) is 18.8 Å². The van der Waals surface area contributed by atoms with Crippen molar-refractivity contribution in [1.29, 1.82) is 0 Å². The lowest BCUT2D eigenvalue weighted by Gasteiger charge is -2.29. The fraction of sp³-hybridized carbons (Fsp3) is 0.611. The standard InChI is InChI=1S/C18H26N4O4/c23-18(20-26-15-5-3-1-2-4-6-15)14-7-8-16(17(13-14)22(24)25)21-11-9-19-10-12-21/h7-8,13,15,19H,1-6,9-12H2,(H,20,23). The molecule has 1 heterocycles. The van der Waals surface area contributed by atoms with E-state index in [0.717, 1.165) is 38.8 Å². The first kappa shape index (κ1) is 18.6. The Morgan fingerprint density at radius 1 is 1.19 bits per heavy atom. The van der Waals surface area contributed by atoms with Gasteiger partial charge in [0.15, 0.2) is 0 Å². The van der Waals surface area contributed by atoms with Crippen LogP contribution in [-0.2, 0) is 4.84 Å². The van der Waals surface area contributed by atoms with Gasteiger partial charge in [0, 0.05) is 37.8 Å². The van der Waals surface area contributed by atoms with Crippen LogP contribution < -0.4 is 15.7 Å². The van der Waals surface area contributed by atoms with Crippen molar-refractivity contribution in [2.75, 3.05) is 31.1 Å². The molecular weight excluding hydrogens is 336 g/mol. The topological polar surface area (TPSA) is 96.7 Å². The second-order valence-electron chi connectivity index (χ2n) is 6.86. The molecule has 142 valence electrons. The number of nitrogens with zero attached hydrogens (tertiary/aromatic N) is 2. The number of nitro benzene ring substituents is 1. The number of carbonyl (C=O) groups excluding carboxylic acids is 1. The molecule has 1 saturated heterocycles. The van der Waals surface area contributed by atoms with Crippen LogP contribution in [0.3, 0.4) is 0 Å². The highest BCUT2D eigenvalue weighted by Crippen LogP contribution is 2.29. The Morgan fingerprint density at radius 2 is 1.88 bits per heavy atom. The molecule has 0 radical (unpaired) electrons. The van der Waals surface area contributed by atoms with Gasteiger partial charge in [0.2, 0.25) is 0 Å². The van der Waals surface area contributed by atoms with E-state index in [2.05, 4.69) is 10.8 Å². The Hall–Kier alpha value is -2.19. The van der Waals surface area contributed by atoms with Gasteiger partial charge in [-0.2, -0.15) is 0 Å². The van der Waals surface area contributed by atoms with Gasteiger partial charge in [-0.05, 0) is 25.0 Å². The number of anilines is 1. The molecule has 1 aliphatic heterocycles. The molecule has 2 aliphatic rings. The molecule has 1 aliphatic carbocycles. The lowest BCUT2D eigenvalue weighted by molar-refractivity contribution is -0.384. The number of hydrogen-bond donors (Lipinski definition) is 2. The Kier molecular flexibility index (Phi) is 6.40. The van der Waals surface area contributed by atoms with Gasteiger partial charge in [0.1, 0.15) is 5.69 Å². The average molecular weight is 362 g/mol.